The molecule has 0 amide bonds. The van der Waals surface area contributed by atoms with Gasteiger partial charge in [-0.1, -0.05) is 23.7 Å². The van der Waals surface area contributed by atoms with Crippen molar-refractivity contribution in [2.24, 2.45) is 11.7 Å². The van der Waals surface area contributed by atoms with Crippen molar-refractivity contribution in [3.63, 3.8) is 0 Å². The van der Waals surface area contributed by atoms with Crippen molar-refractivity contribution in [3.05, 3.63) is 34.9 Å². The first-order chi connectivity index (χ1) is 9.41. The Labute approximate surface area is 121 Å². The normalized spacial score (nSPS) is 20.1. The Balaban J connectivity index is 2.04. The lowest BCUT2D eigenvalue weighted by Crippen LogP contribution is -2.42. The molecular weight excluding hydrogens is 289 g/mol. The predicted molar refractivity (Wildman–Crippen MR) is 73.6 cm³/mol. The van der Waals surface area contributed by atoms with Crippen LogP contribution in [0, 0.1) is 5.92 Å². The molecule has 1 aromatic carbocycles. The van der Waals surface area contributed by atoms with Crippen LogP contribution in [-0.4, -0.2) is 30.7 Å². The summed E-state index contributed by atoms with van der Waals surface area (Å²) in [5, 5.41) is 0.617. The first kappa shape index (κ1) is 15.6. The van der Waals surface area contributed by atoms with E-state index in [1.54, 1.807) is 6.07 Å². The van der Waals surface area contributed by atoms with Gasteiger partial charge < -0.3 is 5.73 Å². The molecule has 0 bridgehead atoms. The fourth-order valence-corrected chi connectivity index (χ4v) is 2.95. The number of nitrogens with zero attached hydrogens (tertiary/aromatic N) is 1. The number of nitrogens with two attached hydrogens (primary N) is 1. The van der Waals surface area contributed by atoms with Crippen LogP contribution in [-0.2, 0) is 0 Å². The van der Waals surface area contributed by atoms with Gasteiger partial charge in [-0.3, -0.25) is 4.90 Å². The average molecular weight is 307 g/mol. The SMILES string of the molecule is NCC(c1cccc(Cl)c1)N1CCC(C(F)(F)F)CC1. The van der Waals surface area contributed by atoms with Crippen LogP contribution in [0.1, 0.15) is 24.4 Å². The number of halogens is 4. The Kier molecular flexibility index (Phi) is 4.94. The van der Waals surface area contributed by atoms with Gasteiger partial charge in [0.25, 0.3) is 0 Å². The lowest BCUT2D eigenvalue weighted by molar-refractivity contribution is -0.186. The minimum Gasteiger partial charge on any atom is -0.329 e. The van der Waals surface area contributed by atoms with E-state index in [2.05, 4.69) is 0 Å². The molecule has 1 atom stereocenters. The second kappa shape index (κ2) is 6.33. The van der Waals surface area contributed by atoms with Crippen molar-refractivity contribution < 1.29 is 13.2 Å². The Morgan fingerprint density at radius 1 is 1.30 bits per heavy atom. The zero-order valence-electron chi connectivity index (χ0n) is 11.0. The van der Waals surface area contributed by atoms with E-state index in [-0.39, 0.29) is 18.9 Å². The summed E-state index contributed by atoms with van der Waals surface area (Å²) in [7, 11) is 0. The van der Waals surface area contributed by atoms with Crippen LogP contribution >= 0.6 is 11.6 Å². The lowest BCUT2D eigenvalue weighted by Gasteiger charge is -2.37. The van der Waals surface area contributed by atoms with Gasteiger partial charge in [0.2, 0.25) is 0 Å². The van der Waals surface area contributed by atoms with E-state index in [0.29, 0.717) is 24.7 Å². The molecule has 1 heterocycles. The van der Waals surface area contributed by atoms with Gasteiger partial charge in [-0.2, -0.15) is 13.2 Å². The molecular formula is C14H18ClF3N2. The van der Waals surface area contributed by atoms with E-state index in [0.717, 1.165) is 5.56 Å². The molecule has 20 heavy (non-hydrogen) atoms. The molecule has 1 unspecified atom stereocenters. The fourth-order valence-electron chi connectivity index (χ4n) is 2.75. The smallest absolute Gasteiger partial charge is 0.329 e. The number of hydrogen-bond donors (Lipinski definition) is 1. The van der Waals surface area contributed by atoms with Gasteiger partial charge in [-0.25, -0.2) is 0 Å². The van der Waals surface area contributed by atoms with Crippen LogP contribution in [0.5, 0.6) is 0 Å². The van der Waals surface area contributed by atoms with E-state index in [4.69, 9.17) is 17.3 Å². The third kappa shape index (κ3) is 3.65. The van der Waals surface area contributed by atoms with Crippen molar-refractivity contribution in [1.82, 2.24) is 4.90 Å². The minimum absolute atomic E-state index is 0.0668. The summed E-state index contributed by atoms with van der Waals surface area (Å²) in [6.45, 7) is 1.20. The minimum atomic E-state index is -4.08. The molecule has 0 aromatic heterocycles. The van der Waals surface area contributed by atoms with Gasteiger partial charge in [0.15, 0.2) is 0 Å². The van der Waals surface area contributed by atoms with Gasteiger partial charge in [0.05, 0.1) is 5.92 Å². The van der Waals surface area contributed by atoms with E-state index in [1.807, 2.05) is 23.1 Å². The third-order valence-corrected chi connectivity index (χ3v) is 4.13. The van der Waals surface area contributed by atoms with Crippen LogP contribution in [0.3, 0.4) is 0 Å². The van der Waals surface area contributed by atoms with Crippen LogP contribution in [0.4, 0.5) is 13.2 Å². The third-order valence-electron chi connectivity index (χ3n) is 3.89. The van der Waals surface area contributed by atoms with Crippen molar-refractivity contribution in [2.45, 2.75) is 25.1 Å². The molecule has 1 fully saturated rings. The van der Waals surface area contributed by atoms with Crippen molar-refractivity contribution in [2.75, 3.05) is 19.6 Å². The second-order valence-electron chi connectivity index (χ2n) is 5.16. The first-order valence-corrected chi connectivity index (χ1v) is 7.06. The van der Waals surface area contributed by atoms with Crippen LogP contribution in [0.25, 0.3) is 0 Å². The van der Waals surface area contributed by atoms with Crippen molar-refractivity contribution in [3.8, 4) is 0 Å². The molecule has 1 aliphatic rings. The Hall–Kier alpha value is -0.780. The van der Waals surface area contributed by atoms with Crippen LogP contribution in [0.2, 0.25) is 5.02 Å². The highest BCUT2D eigenvalue weighted by molar-refractivity contribution is 6.30. The van der Waals surface area contributed by atoms with Crippen LogP contribution < -0.4 is 5.73 Å². The predicted octanol–water partition coefficient (Wildman–Crippen LogP) is 3.61. The number of rotatable bonds is 3. The van der Waals surface area contributed by atoms with Gasteiger partial charge in [0.1, 0.15) is 0 Å². The molecule has 1 saturated heterocycles. The van der Waals surface area contributed by atoms with Crippen molar-refractivity contribution >= 4 is 11.6 Å². The summed E-state index contributed by atoms with van der Waals surface area (Å²) in [4.78, 5) is 2.02. The molecule has 2 N–H and O–H groups in total. The zero-order chi connectivity index (χ0) is 14.8. The number of alkyl halides is 3. The molecule has 1 aromatic rings. The van der Waals surface area contributed by atoms with Gasteiger partial charge in [0, 0.05) is 17.6 Å². The second-order valence-corrected chi connectivity index (χ2v) is 5.59. The first-order valence-electron chi connectivity index (χ1n) is 6.68. The van der Waals surface area contributed by atoms with Gasteiger partial charge >= 0.3 is 6.18 Å². The summed E-state index contributed by atoms with van der Waals surface area (Å²) in [6.07, 6.45) is -3.80. The average Bonchev–Trinajstić information content (AvgIpc) is 2.39. The molecule has 6 heteroatoms. The fraction of sp³-hybridized carbons (Fsp3) is 0.571. The van der Waals surface area contributed by atoms with E-state index in [1.165, 1.54) is 0 Å². The number of hydrogen-bond acceptors (Lipinski definition) is 2. The maximum absolute atomic E-state index is 12.7. The molecule has 0 aliphatic carbocycles. The largest absolute Gasteiger partial charge is 0.391 e. The summed E-state index contributed by atoms with van der Waals surface area (Å²) < 4.78 is 38.0. The maximum atomic E-state index is 12.7. The summed E-state index contributed by atoms with van der Waals surface area (Å²) in [5.74, 6) is -1.18. The highest BCUT2D eigenvalue weighted by Gasteiger charge is 2.41. The number of benzene rings is 1. The highest BCUT2D eigenvalue weighted by atomic mass is 35.5. The highest BCUT2D eigenvalue weighted by Crippen LogP contribution is 2.36. The Morgan fingerprint density at radius 2 is 1.95 bits per heavy atom. The quantitative estimate of drug-likeness (QED) is 0.924. The van der Waals surface area contributed by atoms with E-state index >= 15 is 0 Å². The van der Waals surface area contributed by atoms with E-state index < -0.39 is 12.1 Å². The molecule has 0 spiro atoms. The van der Waals surface area contributed by atoms with Crippen LogP contribution in [0.15, 0.2) is 24.3 Å². The number of piperidine rings is 1. The molecule has 2 nitrogen and oxygen atoms in total. The molecule has 2 rings (SSSR count). The standard InChI is InChI=1S/C14H18ClF3N2/c15-12-3-1-2-10(8-12)13(9-19)20-6-4-11(5-7-20)14(16,17)18/h1-3,8,11,13H,4-7,9,19H2. The Bertz CT molecular complexity index is 442. The molecule has 1 aliphatic heterocycles. The maximum Gasteiger partial charge on any atom is 0.391 e. The van der Waals surface area contributed by atoms with E-state index in [9.17, 15) is 13.2 Å². The summed E-state index contributed by atoms with van der Waals surface area (Å²) in [6, 6.07) is 7.29. The summed E-state index contributed by atoms with van der Waals surface area (Å²) in [5.41, 5.74) is 6.76. The Morgan fingerprint density at radius 3 is 2.45 bits per heavy atom. The lowest BCUT2D eigenvalue weighted by atomic mass is 9.94. The van der Waals surface area contributed by atoms with Gasteiger partial charge in [-0.15, -0.1) is 0 Å². The van der Waals surface area contributed by atoms with Gasteiger partial charge in [-0.05, 0) is 43.6 Å². The molecule has 0 radical (unpaired) electrons. The van der Waals surface area contributed by atoms with Crippen molar-refractivity contribution in [1.29, 1.82) is 0 Å². The summed E-state index contributed by atoms with van der Waals surface area (Å²) >= 11 is 5.96. The molecule has 112 valence electrons. The zero-order valence-corrected chi connectivity index (χ0v) is 11.8. The monoisotopic (exact) mass is 306 g/mol. The number of likely N-dealkylation sites (tertiary alicyclic amines) is 1. The topological polar surface area (TPSA) is 29.3 Å². The molecule has 0 saturated carbocycles.